The minimum atomic E-state index is -0.0978. The Bertz CT molecular complexity index is 1070. The molecule has 3 heterocycles. The van der Waals surface area contributed by atoms with Crippen LogP contribution in [-0.4, -0.2) is 60.1 Å². The number of carbonyl (C=O) groups is 1. The zero-order chi connectivity index (χ0) is 22.5. The summed E-state index contributed by atoms with van der Waals surface area (Å²) >= 11 is 0. The minimum absolute atomic E-state index is 0.0962. The van der Waals surface area contributed by atoms with Gasteiger partial charge < -0.3 is 19.7 Å². The van der Waals surface area contributed by atoms with Crippen LogP contribution >= 0.6 is 0 Å². The second-order valence-electron chi connectivity index (χ2n) is 7.62. The predicted octanol–water partition coefficient (Wildman–Crippen LogP) is 3.62. The summed E-state index contributed by atoms with van der Waals surface area (Å²) in [5.41, 5.74) is 2.22. The molecule has 0 spiro atoms. The molecule has 1 amide bonds. The standard InChI is InChI=1S/C24H27N5O3/c1-25-21-13-18(27-23(28-21)16-7-5-11-26-14-16)17-8-6-12-29(15-17)24(30)22-19(31-2)9-4-10-20(22)32-3/h4-5,7,9-11,13-14,17H,6,8,12,15H2,1-3H3,(H,25,27,28)/t17-/m0/s1. The van der Waals surface area contributed by atoms with Gasteiger partial charge >= 0.3 is 0 Å². The third kappa shape index (κ3) is 4.34. The van der Waals surface area contributed by atoms with Gasteiger partial charge in [-0.1, -0.05) is 6.07 Å². The highest BCUT2D eigenvalue weighted by atomic mass is 16.5. The number of methoxy groups -OCH3 is 2. The van der Waals surface area contributed by atoms with E-state index in [0.717, 1.165) is 29.9 Å². The lowest BCUT2D eigenvalue weighted by molar-refractivity contribution is 0.0699. The van der Waals surface area contributed by atoms with Crippen molar-refractivity contribution in [1.29, 1.82) is 0 Å². The van der Waals surface area contributed by atoms with E-state index in [1.165, 1.54) is 0 Å². The SMILES string of the molecule is CNc1cc([C@H]2CCCN(C(=O)c3c(OC)cccc3OC)C2)nc(-c2cccnc2)n1. The Balaban J connectivity index is 1.63. The summed E-state index contributed by atoms with van der Waals surface area (Å²) in [6.07, 6.45) is 5.31. The highest BCUT2D eigenvalue weighted by Crippen LogP contribution is 2.33. The minimum Gasteiger partial charge on any atom is -0.496 e. The number of amides is 1. The number of pyridine rings is 1. The average Bonchev–Trinajstić information content (AvgIpc) is 2.88. The van der Waals surface area contributed by atoms with Gasteiger partial charge in [0.05, 0.1) is 19.9 Å². The van der Waals surface area contributed by atoms with Gasteiger partial charge in [0.15, 0.2) is 5.82 Å². The van der Waals surface area contributed by atoms with Gasteiger partial charge in [0.1, 0.15) is 22.9 Å². The van der Waals surface area contributed by atoms with Crippen molar-refractivity contribution in [1.82, 2.24) is 19.9 Å². The van der Waals surface area contributed by atoms with Gasteiger partial charge in [-0.3, -0.25) is 9.78 Å². The molecule has 1 aromatic carbocycles. The van der Waals surface area contributed by atoms with Crippen molar-refractivity contribution < 1.29 is 14.3 Å². The number of nitrogens with zero attached hydrogens (tertiary/aromatic N) is 4. The van der Waals surface area contributed by atoms with E-state index in [2.05, 4.69) is 15.3 Å². The van der Waals surface area contributed by atoms with Gasteiger partial charge in [0, 0.05) is 50.1 Å². The summed E-state index contributed by atoms with van der Waals surface area (Å²) in [6, 6.07) is 11.1. The number of hydrogen-bond donors (Lipinski definition) is 1. The molecule has 32 heavy (non-hydrogen) atoms. The number of likely N-dealkylation sites (tertiary alicyclic amines) is 1. The van der Waals surface area contributed by atoms with E-state index in [1.807, 2.05) is 36.2 Å². The van der Waals surface area contributed by atoms with E-state index in [0.29, 0.717) is 36.0 Å². The molecule has 8 nitrogen and oxygen atoms in total. The number of ether oxygens (including phenoxy) is 2. The van der Waals surface area contributed by atoms with Gasteiger partial charge in [0.2, 0.25) is 0 Å². The quantitative estimate of drug-likeness (QED) is 0.635. The molecule has 0 radical (unpaired) electrons. The molecule has 1 saturated heterocycles. The second-order valence-corrected chi connectivity index (χ2v) is 7.62. The molecule has 0 saturated carbocycles. The maximum atomic E-state index is 13.5. The van der Waals surface area contributed by atoms with E-state index in [4.69, 9.17) is 14.5 Å². The van der Waals surface area contributed by atoms with Crippen LogP contribution in [0.5, 0.6) is 11.5 Å². The molecule has 0 bridgehead atoms. The molecular formula is C24H27N5O3. The molecule has 1 fully saturated rings. The third-order valence-electron chi connectivity index (χ3n) is 5.69. The van der Waals surface area contributed by atoms with Gasteiger partial charge in [-0.15, -0.1) is 0 Å². The Hall–Kier alpha value is -3.68. The highest BCUT2D eigenvalue weighted by molar-refractivity contribution is 5.99. The molecule has 3 aromatic rings. The van der Waals surface area contributed by atoms with Gasteiger partial charge in [-0.2, -0.15) is 0 Å². The van der Waals surface area contributed by atoms with E-state index in [1.54, 1.807) is 38.7 Å². The van der Waals surface area contributed by atoms with Crippen LogP contribution in [0.3, 0.4) is 0 Å². The van der Waals surface area contributed by atoms with Crippen LogP contribution in [0.4, 0.5) is 5.82 Å². The summed E-state index contributed by atoms with van der Waals surface area (Å²) in [5, 5.41) is 3.12. The first kappa shape index (κ1) is 21.5. The number of anilines is 1. The smallest absolute Gasteiger partial charge is 0.261 e. The largest absolute Gasteiger partial charge is 0.496 e. The van der Waals surface area contributed by atoms with Gasteiger partial charge in [-0.05, 0) is 37.1 Å². The molecule has 2 aromatic heterocycles. The highest BCUT2D eigenvalue weighted by Gasteiger charge is 2.30. The first-order chi connectivity index (χ1) is 15.6. The Morgan fingerprint density at radius 1 is 1.12 bits per heavy atom. The van der Waals surface area contributed by atoms with Gasteiger partial charge in [-0.25, -0.2) is 9.97 Å². The van der Waals surface area contributed by atoms with Crippen molar-refractivity contribution in [3.63, 3.8) is 0 Å². The lowest BCUT2D eigenvalue weighted by Crippen LogP contribution is -2.39. The molecular weight excluding hydrogens is 406 g/mol. The Morgan fingerprint density at radius 3 is 2.56 bits per heavy atom. The maximum Gasteiger partial charge on any atom is 0.261 e. The molecule has 8 heteroatoms. The lowest BCUT2D eigenvalue weighted by atomic mass is 9.93. The second kappa shape index (κ2) is 9.64. The number of carbonyl (C=O) groups excluding carboxylic acids is 1. The van der Waals surface area contributed by atoms with Crippen molar-refractivity contribution in [2.45, 2.75) is 18.8 Å². The summed E-state index contributed by atoms with van der Waals surface area (Å²) in [7, 11) is 4.96. The number of piperidine rings is 1. The Kier molecular flexibility index (Phi) is 6.49. The van der Waals surface area contributed by atoms with Crippen LogP contribution in [0.25, 0.3) is 11.4 Å². The molecule has 1 aliphatic heterocycles. The molecule has 1 atom stereocenters. The molecule has 0 unspecified atom stereocenters. The first-order valence-electron chi connectivity index (χ1n) is 10.6. The van der Waals surface area contributed by atoms with E-state index in [9.17, 15) is 4.79 Å². The number of hydrogen-bond acceptors (Lipinski definition) is 7. The fourth-order valence-electron chi connectivity index (χ4n) is 4.05. The van der Waals surface area contributed by atoms with Crippen LogP contribution in [0.1, 0.15) is 34.8 Å². The Morgan fingerprint density at radius 2 is 1.91 bits per heavy atom. The third-order valence-corrected chi connectivity index (χ3v) is 5.69. The van der Waals surface area contributed by atoms with Crippen LogP contribution in [-0.2, 0) is 0 Å². The van der Waals surface area contributed by atoms with Crippen LogP contribution in [0.2, 0.25) is 0 Å². The molecule has 0 aliphatic carbocycles. The van der Waals surface area contributed by atoms with E-state index >= 15 is 0 Å². The zero-order valence-corrected chi connectivity index (χ0v) is 18.5. The van der Waals surface area contributed by atoms with Crippen LogP contribution in [0, 0.1) is 0 Å². The van der Waals surface area contributed by atoms with Gasteiger partial charge in [0.25, 0.3) is 5.91 Å². The molecule has 1 aliphatic rings. The normalized spacial score (nSPS) is 15.8. The Labute approximate surface area is 187 Å². The summed E-state index contributed by atoms with van der Waals surface area (Å²) in [4.78, 5) is 28.9. The number of nitrogens with one attached hydrogen (secondary N) is 1. The molecule has 4 rings (SSSR count). The monoisotopic (exact) mass is 433 g/mol. The molecule has 166 valence electrons. The van der Waals surface area contributed by atoms with E-state index in [-0.39, 0.29) is 11.8 Å². The zero-order valence-electron chi connectivity index (χ0n) is 18.5. The van der Waals surface area contributed by atoms with Crippen molar-refractivity contribution in [3.05, 3.63) is 60.0 Å². The number of rotatable bonds is 6. The predicted molar refractivity (Wildman–Crippen MR) is 122 cm³/mol. The number of benzene rings is 1. The fraction of sp³-hybridized carbons (Fsp3) is 0.333. The molecule has 1 N–H and O–H groups in total. The summed E-state index contributed by atoms with van der Waals surface area (Å²) < 4.78 is 10.9. The fourth-order valence-corrected chi connectivity index (χ4v) is 4.05. The maximum absolute atomic E-state index is 13.5. The summed E-state index contributed by atoms with van der Waals surface area (Å²) in [5.74, 6) is 2.38. The van der Waals surface area contributed by atoms with Crippen molar-refractivity contribution in [2.75, 3.05) is 39.7 Å². The lowest BCUT2D eigenvalue weighted by Gasteiger charge is -2.33. The average molecular weight is 434 g/mol. The van der Waals surface area contributed by atoms with Crippen LogP contribution in [0.15, 0.2) is 48.8 Å². The topological polar surface area (TPSA) is 89.5 Å². The first-order valence-corrected chi connectivity index (χ1v) is 10.6. The van der Waals surface area contributed by atoms with Crippen molar-refractivity contribution in [2.24, 2.45) is 0 Å². The van der Waals surface area contributed by atoms with Crippen molar-refractivity contribution in [3.8, 4) is 22.9 Å². The van der Waals surface area contributed by atoms with Crippen LogP contribution < -0.4 is 14.8 Å². The summed E-state index contributed by atoms with van der Waals surface area (Å²) in [6.45, 7) is 1.24. The van der Waals surface area contributed by atoms with E-state index < -0.39 is 0 Å². The van der Waals surface area contributed by atoms with Crippen molar-refractivity contribution >= 4 is 11.7 Å². The number of aromatic nitrogens is 3.